The summed E-state index contributed by atoms with van der Waals surface area (Å²) < 4.78 is 8.82. The van der Waals surface area contributed by atoms with Crippen LogP contribution in [0, 0.1) is 5.92 Å². The smallest absolute Gasteiger partial charge is 0.325 e. The molecule has 1 aromatic carbocycles. The van der Waals surface area contributed by atoms with E-state index in [9.17, 15) is 9.59 Å². The minimum atomic E-state index is -0.342. The highest BCUT2D eigenvalue weighted by Gasteiger charge is 2.42. The number of carbonyl (C=O) groups excluding carboxylic acids is 1. The van der Waals surface area contributed by atoms with Crippen LogP contribution < -0.4 is 16.4 Å². The predicted molar refractivity (Wildman–Crippen MR) is 101 cm³/mol. The number of hydrogen-bond acceptors (Lipinski definition) is 7. The highest BCUT2D eigenvalue weighted by atomic mass is 16.5. The van der Waals surface area contributed by atoms with Gasteiger partial charge >= 0.3 is 5.97 Å². The van der Waals surface area contributed by atoms with Crippen LogP contribution in [-0.2, 0) is 23.2 Å². The number of aryl methyl sites for hydroxylation is 1. The van der Waals surface area contributed by atoms with Crippen molar-refractivity contribution in [3.63, 3.8) is 0 Å². The number of nitrogens with zero attached hydrogens (tertiary/aromatic N) is 4. The van der Waals surface area contributed by atoms with Gasteiger partial charge in [0.2, 0.25) is 5.78 Å². The number of esters is 1. The van der Waals surface area contributed by atoms with Crippen molar-refractivity contribution in [2.24, 2.45) is 13.0 Å². The maximum absolute atomic E-state index is 12.7. The molecule has 9 nitrogen and oxygen atoms in total. The maximum Gasteiger partial charge on any atom is 0.325 e. The molecule has 0 bridgehead atoms. The third kappa shape index (κ3) is 2.61. The van der Waals surface area contributed by atoms with Gasteiger partial charge in [0.05, 0.1) is 10.9 Å². The molecule has 146 valence electrons. The summed E-state index contributed by atoms with van der Waals surface area (Å²) in [6, 6.07) is 7.27. The number of benzene rings is 1. The Labute approximate surface area is 160 Å². The maximum atomic E-state index is 12.7. The van der Waals surface area contributed by atoms with Crippen LogP contribution in [0.25, 0.3) is 16.7 Å². The van der Waals surface area contributed by atoms with Gasteiger partial charge in [0, 0.05) is 19.0 Å². The lowest BCUT2D eigenvalue weighted by Crippen LogP contribution is -2.40. The van der Waals surface area contributed by atoms with Crippen molar-refractivity contribution in [1.82, 2.24) is 30.0 Å². The number of hydrogen-bond donors (Lipinski definition) is 2. The van der Waals surface area contributed by atoms with Crippen molar-refractivity contribution in [3.05, 3.63) is 40.4 Å². The van der Waals surface area contributed by atoms with Gasteiger partial charge in [-0.05, 0) is 25.0 Å². The molecule has 2 aromatic heterocycles. The van der Waals surface area contributed by atoms with E-state index in [0.29, 0.717) is 28.5 Å². The first-order chi connectivity index (χ1) is 13.6. The molecule has 3 aromatic rings. The second kappa shape index (κ2) is 6.68. The van der Waals surface area contributed by atoms with Gasteiger partial charge in [-0.3, -0.25) is 24.0 Å². The van der Waals surface area contributed by atoms with Crippen LogP contribution in [0.15, 0.2) is 29.1 Å². The normalized spacial score (nSPS) is 24.5. The molecule has 3 unspecified atom stereocenters. The molecule has 0 amide bonds. The molecule has 3 atom stereocenters. The molecule has 1 saturated heterocycles. The monoisotopic (exact) mass is 382 g/mol. The van der Waals surface area contributed by atoms with Gasteiger partial charge in [0.15, 0.2) is 12.4 Å². The third-order valence-corrected chi connectivity index (χ3v) is 5.96. The van der Waals surface area contributed by atoms with Crippen molar-refractivity contribution in [2.45, 2.75) is 44.4 Å². The van der Waals surface area contributed by atoms with E-state index >= 15 is 0 Å². The minimum Gasteiger partial charge on any atom is -0.456 e. The van der Waals surface area contributed by atoms with Crippen LogP contribution in [0.5, 0.6) is 0 Å². The Kier molecular flexibility index (Phi) is 4.13. The van der Waals surface area contributed by atoms with Gasteiger partial charge in [0.1, 0.15) is 6.04 Å². The van der Waals surface area contributed by atoms with Crippen molar-refractivity contribution >= 4 is 22.6 Å². The lowest BCUT2D eigenvalue weighted by Gasteiger charge is -2.26. The van der Waals surface area contributed by atoms with Crippen LogP contribution in [0.3, 0.4) is 0 Å². The largest absolute Gasteiger partial charge is 0.456 e. The van der Waals surface area contributed by atoms with Crippen LogP contribution in [0.1, 0.15) is 31.5 Å². The summed E-state index contributed by atoms with van der Waals surface area (Å²) in [5.41, 5.74) is 6.89. The third-order valence-electron chi connectivity index (χ3n) is 5.96. The molecule has 1 aliphatic heterocycles. The van der Waals surface area contributed by atoms with E-state index in [2.05, 4.69) is 21.0 Å². The minimum absolute atomic E-state index is 0.00222. The van der Waals surface area contributed by atoms with Crippen LogP contribution in [-0.4, -0.2) is 37.2 Å². The number of ether oxygens (including phenoxy) is 1. The molecular formula is C19H22N6O3. The first-order valence-corrected chi connectivity index (χ1v) is 9.64. The van der Waals surface area contributed by atoms with E-state index in [4.69, 9.17) is 4.74 Å². The van der Waals surface area contributed by atoms with E-state index in [1.807, 2.05) is 18.2 Å². The van der Waals surface area contributed by atoms with Gasteiger partial charge < -0.3 is 4.74 Å². The molecule has 9 heteroatoms. The molecule has 5 rings (SSSR count). The lowest BCUT2D eigenvalue weighted by atomic mass is 9.82. The summed E-state index contributed by atoms with van der Waals surface area (Å²) in [7, 11) is 1.66. The Hall–Kier alpha value is -2.78. The molecule has 0 radical (unpaired) electrons. The molecular weight excluding hydrogens is 360 g/mol. The fourth-order valence-corrected chi connectivity index (χ4v) is 4.49. The topological polar surface area (TPSA) is 103 Å². The second-order valence-electron chi connectivity index (χ2n) is 7.56. The van der Waals surface area contributed by atoms with E-state index in [1.54, 1.807) is 17.5 Å². The van der Waals surface area contributed by atoms with Crippen molar-refractivity contribution in [1.29, 1.82) is 0 Å². The number of rotatable bonds is 3. The lowest BCUT2D eigenvalue weighted by molar-refractivity contribution is -0.148. The Bertz CT molecular complexity index is 1120. The summed E-state index contributed by atoms with van der Waals surface area (Å²) >= 11 is 0. The number of nitrogens with one attached hydrogen (secondary N) is 2. The van der Waals surface area contributed by atoms with Crippen LogP contribution in [0.4, 0.5) is 0 Å². The SMILES string of the molecule is Cn1c(=O)c2ccccc2n2c(COC(=O)C3NNC4CCCCC43)nnc12. The van der Waals surface area contributed by atoms with Gasteiger partial charge in [0.25, 0.3) is 5.56 Å². The zero-order valence-electron chi connectivity index (χ0n) is 15.6. The average molecular weight is 382 g/mol. The Morgan fingerprint density at radius 2 is 2.04 bits per heavy atom. The molecule has 0 spiro atoms. The van der Waals surface area contributed by atoms with E-state index in [-0.39, 0.29) is 30.1 Å². The molecule has 2 N–H and O–H groups in total. The summed E-state index contributed by atoms with van der Waals surface area (Å²) in [5, 5.41) is 8.86. The first kappa shape index (κ1) is 17.3. The Morgan fingerprint density at radius 3 is 2.93 bits per heavy atom. The number of para-hydroxylation sites is 1. The van der Waals surface area contributed by atoms with Gasteiger partial charge in [-0.2, -0.15) is 0 Å². The van der Waals surface area contributed by atoms with Gasteiger partial charge in [-0.15, -0.1) is 10.2 Å². The van der Waals surface area contributed by atoms with Gasteiger partial charge in [-0.1, -0.05) is 25.0 Å². The average Bonchev–Trinajstić information content (AvgIpc) is 3.35. The highest BCUT2D eigenvalue weighted by molar-refractivity contribution is 5.80. The molecule has 3 heterocycles. The zero-order valence-corrected chi connectivity index (χ0v) is 15.6. The summed E-state index contributed by atoms with van der Waals surface area (Å²) in [6.07, 6.45) is 4.43. The highest BCUT2D eigenvalue weighted by Crippen LogP contribution is 2.30. The molecule has 1 saturated carbocycles. The standard InChI is InChI=1S/C19H22N6O3/c1-24-17(26)12-7-3-5-9-14(12)25-15(21-23-19(24)25)10-28-18(27)16-11-6-2-4-8-13(11)20-22-16/h3,5,7,9,11,13,16,20,22H,2,4,6,8,10H2,1H3. The molecule has 28 heavy (non-hydrogen) atoms. The zero-order chi connectivity index (χ0) is 19.3. The predicted octanol–water partition coefficient (Wildman–Crippen LogP) is 0.660. The van der Waals surface area contributed by atoms with E-state index in [1.165, 1.54) is 11.0 Å². The molecule has 2 aliphatic rings. The van der Waals surface area contributed by atoms with Gasteiger partial charge in [-0.25, -0.2) is 5.43 Å². The van der Waals surface area contributed by atoms with Crippen molar-refractivity contribution in [3.8, 4) is 0 Å². The molecule has 2 fully saturated rings. The van der Waals surface area contributed by atoms with Crippen molar-refractivity contribution < 1.29 is 9.53 Å². The second-order valence-corrected chi connectivity index (χ2v) is 7.56. The van der Waals surface area contributed by atoms with E-state index in [0.717, 1.165) is 19.3 Å². The fourth-order valence-electron chi connectivity index (χ4n) is 4.49. The fraction of sp³-hybridized carbons (Fsp3) is 0.474. The van der Waals surface area contributed by atoms with Crippen LogP contribution >= 0.6 is 0 Å². The number of fused-ring (bicyclic) bond motifs is 4. The Balaban J connectivity index is 1.43. The number of hydrazine groups is 1. The number of carbonyl (C=O) groups is 1. The van der Waals surface area contributed by atoms with Crippen molar-refractivity contribution in [2.75, 3.05) is 0 Å². The summed E-state index contributed by atoms with van der Waals surface area (Å²) in [6.45, 7) is -0.00222. The van der Waals surface area contributed by atoms with Crippen LogP contribution in [0.2, 0.25) is 0 Å². The molecule has 1 aliphatic carbocycles. The number of aromatic nitrogens is 4. The first-order valence-electron chi connectivity index (χ1n) is 9.64. The van der Waals surface area contributed by atoms with E-state index < -0.39 is 0 Å². The Morgan fingerprint density at radius 1 is 1.21 bits per heavy atom. The quantitative estimate of drug-likeness (QED) is 0.642. The summed E-state index contributed by atoms with van der Waals surface area (Å²) in [5.74, 6) is 0.884. The summed E-state index contributed by atoms with van der Waals surface area (Å²) in [4.78, 5) is 25.2.